The third kappa shape index (κ3) is 4.93. The van der Waals surface area contributed by atoms with Crippen LogP contribution in [-0.2, 0) is 9.59 Å². The highest BCUT2D eigenvalue weighted by Crippen LogP contribution is 2.30. The fourth-order valence-electron chi connectivity index (χ4n) is 1.74. The van der Waals surface area contributed by atoms with Crippen LogP contribution >= 0.6 is 11.8 Å². The molecular weight excluding hydrogens is 300 g/mol. The first-order valence-electron chi connectivity index (χ1n) is 6.90. The lowest BCUT2D eigenvalue weighted by molar-refractivity contribution is -0.134. The molecule has 0 saturated carbocycles. The number of hydrogen-bond donors (Lipinski definition) is 0. The molecule has 0 amide bonds. The molecule has 0 spiro atoms. The van der Waals surface area contributed by atoms with Crippen LogP contribution < -0.4 is 9.47 Å². The van der Waals surface area contributed by atoms with Crippen molar-refractivity contribution in [1.29, 1.82) is 0 Å². The summed E-state index contributed by atoms with van der Waals surface area (Å²) in [5, 5.41) is 0. The first-order valence-corrected chi connectivity index (χ1v) is 7.72. The number of carbonyl (C=O) groups excluding carboxylic acids is 2. The van der Waals surface area contributed by atoms with Gasteiger partial charge in [0.1, 0.15) is 11.5 Å². The quantitative estimate of drug-likeness (QED) is 0.438. The average Bonchev–Trinajstić information content (AvgIpc) is 2.52. The molecule has 114 valence electrons. The van der Waals surface area contributed by atoms with Gasteiger partial charge in [0.05, 0.1) is 0 Å². The van der Waals surface area contributed by atoms with E-state index in [2.05, 4.69) is 0 Å². The van der Waals surface area contributed by atoms with E-state index < -0.39 is 0 Å². The lowest BCUT2D eigenvalue weighted by atomic mass is 10.3. The molecule has 0 N–H and O–H groups in total. The van der Waals surface area contributed by atoms with Crippen molar-refractivity contribution in [2.24, 2.45) is 0 Å². The van der Waals surface area contributed by atoms with Gasteiger partial charge in [-0.3, -0.25) is 9.59 Å². The van der Waals surface area contributed by atoms with Gasteiger partial charge >= 0.3 is 5.97 Å². The molecule has 0 atom stereocenters. The molecule has 0 aromatic heterocycles. The Hall–Kier alpha value is -2.27. The highest BCUT2D eigenvalue weighted by Gasteiger charge is 2.04. The van der Waals surface area contributed by atoms with E-state index >= 15 is 0 Å². The molecule has 0 heterocycles. The molecular formula is C17H16O4S. The predicted octanol–water partition coefficient (Wildman–Crippen LogP) is 4.08. The van der Waals surface area contributed by atoms with Crippen LogP contribution in [-0.4, -0.2) is 12.4 Å². The third-order valence-electron chi connectivity index (χ3n) is 2.75. The maximum Gasteiger partial charge on any atom is 0.311 e. The zero-order valence-corrected chi connectivity index (χ0v) is 13.0. The molecule has 0 unspecified atom stereocenters. The third-order valence-corrected chi connectivity index (χ3v) is 3.77. The van der Waals surface area contributed by atoms with Crippen molar-refractivity contribution in [3.63, 3.8) is 0 Å². The first kappa shape index (κ1) is 16.1. The second-order valence-electron chi connectivity index (χ2n) is 4.48. The second-order valence-corrected chi connectivity index (χ2v) is 5.63. The van der Waals surface area contributed by atoms with E-state index in [0.29, 0.717) is 24.4 Å². The Labute approximate surface area is 133 Å². The molecule has 0 saturated heterocycles. The van der Waals surface area contributed by atoms with Crippen molar-refractivity contribution in [3.05, 3.63) is 48.5 Å². The molecule has 5 heteroatoms. The van der Waals surface area contributed by atoms with Gasteiger partial charge < -0.3 is 9.47 Å². The minimum atomic E-state index is -0.214. The normalized spacial score (nSPS) is 10.0. The van der Waals surface area contributed by atoms with Crippen LogP contribution in [0.2, 0.25) is 0 Å². The van der Waals surface area contributed by atoms with E-state index in [-0.39, 0.29) is 5.97 Å². The fourth-order valence-corrected chi connectivity index (χ4v) is 2.56. The Kier molecular flexibility index (Phi) is 6.03. The SMILES string of the molecule is CCCC(=O)Oc1ccc(Sc2ccc(OC=O)cc2)cc1. The average molecular weight is 316 g/mol. The topological polar surface area (TPSA) is 52.6 Å². The molecule has 22 heavy (non-hydrogen) atoms. The van der Waals surface area contributed by atoms with Crippen LogP contribution in [0.3, 0.4) is 0 Å². The van der Waals surface area contributed by atoms with Crippen LogP contribution in [0.5, 0.6) is 11.5 Å². The van der Waals surface area contributed by atoms with Gasteiger partial charge in [-0.1, -0.05) is 18.7 Å². The molecule has 2 rings (SSSR count). The Bertz CT molecular complexity index is 620. The smallest absolute Gasteiger partial charge is 0.311 e. The number of rotatable bonds is 7. The maximum absolute atomic E-state index is 11.4. The van der Waals surface area contributed by atoms with Crippen molar-refractivity contribution < 1.29 is 19.1 Å². The Morgan fingerprint density at radius 3 is 2.05 bits per heavy atom. The zero-order chi connectivity index (χ0) is 15.8. The lowest BCUT2D eigenvalue weighted by Gasteiger charge is -2.06. The van der Waals surface area contributed by atoms with E-state index in [1.807, 2.05) is 31.2 Å². The second kappa shape index (κ2) is 8.24. The van der Waals surface area contributed by atoms with Gasteiger partial charge in [0.25, 0.3) is 6.47 Å². The van der Waals surface area contributed by atoms with Gasteiger partial charge in [0.2, 0.25) is 0 Å². The number of carbonyl (C=O) groups is 2. The summed E-state index contributed by atoms with van der Waals surface area (Å²) in [7, 11) is 0. The van der Waals surface area contributed by atoms with Crippen LogP contribution in [0, 0.1) is 0 Å². The predicted molar refractivity (Wildman–Crippen MR) is 84.2 cm³/mol. The van der Waals surface area contributed by atoms with Crippen LogP contribution in [0.1, 0.15) is 19.8 Å². The van der Waals surface area contributed by atoms with E-state index in [9.17, 15) is 9.59 Å². The van der Waals surface area contributed by atoms with Gasteiger partial charge in [-0.05, 0) is 55.0 Å². The van der Waals surface area contributed by atoms with Gasteiger partial charge in [0, 0.05) is 16.2 Å². The van der Waals surface area contributed by atoms with Gasteiger partial charge in [-0.2, -0.15) is 0 Å². The number of esters is 1. The van der Waals surface area contributed by atoms with Gasteiger partial charge in [-0.25, -0.2) is 0 Å². The van der Waals surface area contributed by atoms with E-state index in [1.54, 1.807) is 36.0 Å². The monoisotopic (exact) mass is 316 g/mol. The summed E-state index contributed by atoms with van der Waals surface area (Å²) < 4.78 is 9.95. The zero-order valence-electron chi connectivity index (χ0n) is 12.2. The molecule has 0 aliphatic heterocycles. The molecule has 0 radical (unpaired) electrons. The van der Waals surface area contributed by atoms with Crippen molar-refractivity contribution in [2.45, 2.75) is 29.6 Å². The number of benzene rings is 2. The van der Waals surface area contributed by atoms with Crippen LogP contribution in [0.4, 0.5) is 0 Å². The minimum absolute atomic E-state index is 0.214. The molecule has 4 nitrogen and oxygen atoms in total. The van der Waals surface area contributed by atoms with Crippen LogP contribution in [0.15, 0.2) is 58.3 Å². The summed E-state index contributed by atoms with van der Waals surface area (Å²) in [6, 6.07) is 14.6. The van der Waals surface area contributed by atoms with E-state index in [0.717, 1.165) is 16.2 Å². The van der Waals surface area contributed by atoms with Crippen molar-refractivity contribution in [3.8, 4) is 11.5 Å². The summed E-state index contributed by atoms with van der Waals surface area (Å²) in [4.78, 5) is 23.7. The molecule has 2 aromatic carbocycles. The maximum atomic E-state index is 11.4. The van der Waals surface area contributed by atoms with Crippen LogP contribution in [0.25, 0.3) is 0 Å². The Morgan fingerprint density at radius 1 is 1.00 bits per heavy atom. The summed E-state index contributed by atoms with van der Waals surface area (Å²) in [5.41, 5.74) is 0. The van der Waals surface area contributed by atoms with Crippen molar-refractivity contribution >= 4 is 24.2 Å². The summed E-state index contributed by atoms with van der Waals surface area (Å²) in [6.07, 6.45) is 1.20. The number of hydrogen-bond acceptors (Lipinski definition) is 5. The minimum Gasteiger partial charge on any atom is -0.429 e. The van der Waals surface area contributed by atoms with Gasteiger partial charge in [-0.15, -0.1) is 0 Å². The lowest BCUT2D eigenvalue weighted by Crippen LogP contribution is -2.06. The number of ether oxygens (including phenoxy) is 2. The van der Waals surface area contributed by atoms with Crippen molar-refractivity contribution in [1.82, 2.24) is 0 Å². The Balaban J connectivity index is 1.95. The van der Waals surface area contributed by atoms with Crippen molar-refractivity contribution in [2.75, 3.05) is 0 Å². The van der Waals surface area contributed by atoms with E-state index in [1.165, 1.54) is 0 Å². The largest absolute Gasteiger partial charge is 0.429 e. The molecule has 0 bridgehead atoms. The highest BCUT2D eigenvalue weighted by molar-refractivity contribution is 7.99. The Morgan fingerprint density at radius 2 is 1.55 bits per heavy atom. The van der Waals surface area contributed by atoms with E-state index in [4.69, 9.17) is 9.47 Å². The summed E-state index contributed by atoms with van der Waals surface area (Å²) >= 11 is 1.57. The molecule has 0 aliphatic rings. The standard InChI is InChI=1S/C17H16O4S/c1-2-3-17(19)21-14-6-10-16(11-7-14)22-15-8-4-13(5-9-15)20-12-18/h4-12H,2-3H2,1H3. The molecule has 0 fully saturated rings. The molecule has 0 aliphatic carbocycles. The summed E-state index contributed by atoms with van der Waals surface area (Å²) in [6.45, 7) is 2.34. The molecule has 2 aromatic rings. The highest BCUT2D eigenvalue weighted by atomic mass is 32.2. The first-order chi connectivity index (χ1) is 10.7. The summed E-state index contributed by atoms with van der Waals surface area (Å²) in [5.74, 6) is 0.851. The van der Waals surface area contributed by atoms with Gasteiger partial charge in [0.15, 0.2) is 0 Å². The fraction of sp³-hybridized carbons (Fsp3) is 0.176.